The van der Waals surface area contributed by atoms with Gasteiger partial charge in [-0.05, 0) is 65.7 Å². The smallest absolute Gasteiger partial charge is 0.136 e. The first kappa shape index (κ1) is 14.0. The zero-order valence-corrected chi connectivity index (χ0v) is 12.4. The molecule has 0 bridgehead atoms. The first-order chi connectivity index (χ1) is 8.49. The van der Waals surface area contributed by atoms with E-state index in [2.05, 4.69) is 38.0 Å². The Hall–Kier alpha value is -0.410. The van der Waals surface area contributed by atoms with Crippen LogP contribution in [0.5, 0.6) is 0 Å². The molecule has 104 valence electrons. The summed E-state index contributed by atoms with van der Waals surface area (Å²) in [5, 5.41) is 0. The van der Waals surface area contributed by atoms with Gasteiger partial charge in [0.2, 0.25) is 0 Å². The standard InChI is InChI=1S/C15H28N2O/c1-16(2)14(11-5-6-11)9-13(18)10-15(17(3)4)12-7-8-12/h11-12,14-15H,5-10H2,1-4H3. The van der Waals surface area contributed by atoms with Gasteiger partial charge in [0.1, 0.15) is 5.78 Å². The Bertz CT molecular complexity index is 261. The fourth-order valence-corrected chi connectivity index (χ4v) is 3.05. The summed E-state index contributed by atoms with van der Waals surface area (Å²) in [4.78, 5) is 16.8. The summed E-state index contributed by atoms with van der Waals surface area (Å²) in [6, 6.07) is 0.971. The maximum atomic E-state index is 12.3. The highest BCUT2D eigenvalue weighted by molar-refractivity contribution is 5.79. The molecule has 3 nitrogen and oxygen atoms in total. The predicted octanol–water partition coefficient (Wildman–Crippen LogP) is 2.02. The van der Waals surface area contributed by atoms with E-state index in [0.717, 1.165) is 24.7 Å². The average Bonchev–Trinajstić information content (AvgIpc) is 3.14. The van der Waals surface area contributed by atoms with Gasteiger partial charge in [0.25, 0.3) is 0 Å². The molecular formula is C15H28N2O. The van der Waals surface area contributed by atoms with Crippen LogP contribution < -0.4 is 0 Å². The number of hydrogen-bond donors (Lipinski definition) is 0. The van der Waals surface area contributed by atoms with Crippen molar-refractivity contribution in [2.45, 2.75) is 50.6 Å². The Morgan fingerprint density at radius 2 is 1.22 bits per heavy atom. The first-order valence-electron chi connectivity index (χ1n) is 7.33. The van der Waals surface area contributed by atoms with Gasteiger partial charge in [-0.25, -0.2) is 0 Å². The molecule has 18 heavy (non-hydrogen) atoms. The molecule has 2 aliphatic rings. The van der Waals surface area contributed by atoms with Crippen molar-refractivity contribution in [3.05, 3.63) is 0 Å². The average molecular weight is 252 g/mol. The minimum atomic E-state index is 0.464. The maximum absolute atomic E-state index is 12.3. The Labute approximate surface area is 112 Å². The molecule has 2 atom stereocenters. The van der Waals surface area contributed by atoms with Gasteiger partial charge in [-0.1, -0.05) is 0 Å². The van der Waals surface area contributed by atoms with E-state index in [4.69, 9.17) is 0 Å². The van der Waals surface area contributed by atoms with Crippen molar-refractivity contribution >= 4 is 5.78 Å². The third-order valence-corrected chi connectivity index (χ3v) is 4.53. The molecule has 0 aromatic heterocycles. The molecule has 0 aliphatic heterocycles. The minimum absolute atomic E-state index is 0.464. The van der Waals surface area contributed by atoms with Gasteiger partial charge < -0.3 is 9.80 Å². The number of rotatable bonds is 8. The van der Waals surface area contributed by atoms with Crippen LogP contribution in [0, 0.1) is 11.8 Å². The van der Waals surface area contributed by atoms with Gasteiger partial charge in [-0.3, -0.25) is 4.79 Å². The van der Waals surface area contributed by atoms with Crippen LogP contribution in [0.2, 0.25) is 0 Å². The highest BCUT2D eigenvalue weighted by Crippen LogP contribution is 2.38. The molecule has 3 heteroatoms. The number of carbonyl (C=O) groups excluding carboxylic acids is 1. The van der Waals surface area contributed by atoms with Crippen LogP contribution in [-0.4, -0.2) is 55.9 Å². The third-order valence-electron chi connectivity index (χ3n) is 4.53. The van der Waals surface area contributed by atoms with Crippen LogP contribution in [-0.2, 0) is 4.79 Å². The van der Waals surface area contributed by atoms with Crippen LogP contribution in [0.15, 0.2) is 0 Å². The zero-order chi connectivity index (χ0) is 13.3. The second-order valence-corrected chi connectivity index (χ2v) is 6.68. The van der Waals surface area contributed by atoms with E-state index >= 15 is 0 Å². The number of Topliss-reactive ketones (excluding diaryl/α,β-unsaturated/α-hetero) is 1. The normalized spacial score (nSPS) is 23.4. The summed E-state index contributed by atoms with van der Waals surface area (Å²) in [5.41, 5.74) is 0. The summed E-state index contributed by atoms with van der Waals surface area (Å²) >= 11 is 0. The van der Waals surface area contributed by atoms with Gasteiger partial charge in [-0.15, -0.1) is 0 Å². The fraction of sp³-hybridized carbons (Fsp3) is 0.933. The number of ketones is 1. The van der Waals surface area contributed by atoms with E-state index in [0.29, 0.717) is 17.9 Å². The Kier molecular flexibility index (Phi) is 4.44. The van der Waals surface area contributed by atoms with Gasteiger partial charge in [0, 0.05) is 24.9 Å². The molecule has 0 saturated heterocycles. The molecule has 0 radical (unpaired) electrons. The van der Waals surface area contributed by atoms with E-state index in [1.54, 1.807) is 0 Å². The predicted molar refractivity (Wildman–Crippen MR) is 74.6 cm³/mol. The second kappa shape index (κ2) is 5.70. The molecule has 2 saturated carbocycles. The van der Waals surface area contributed by atoms with Crippen LogP contribution in [0.4, 0.5) is 0 Å². The molecule has 0 aromatic carbocycles. The van der Waals surface area contributed by atoms with Gasteiger partial charge >= 0.3 is 0 Å². The van der Waals surface area contributed by atoms with Gasteiger partial charge in [-0.2, -0.15) is 0 Å². The first-order valence-corrected chi connectivity index (χ1v) is 7.33. The van der Waals surface area contributed by atoms with Gasteiger partial charge in [0.05, 0.1) is 0 Å². The molecule has 0 spiro atoms. The molecule has 0 amide bonds. The van der Waals surface area contributed by atoms with E-state index in [1.165, 1.54) is 25.7 Å². The molecule has 2 aliphatic carbocycles. The van der Waals surface area contributed by atoms with Crippen molar-refractivity contribution in [3.63, 3.8) is 0 Å². The van der Waals surface area contributed by atoms with Crippen LogP contribution in [0.25, 0.3) is 0 Å². The topological polar surface area (TPSA) is 23.6 Å². The van der Waals surface area contributed by atoms with Crippen molar-refractivity contribution in [2.75, 3.05) is 28.2 Å². The lowest BCUT2D eigenvalue weighted by atomic mass is 9.97. The molecule has 2 rings (SSSR count). The summed E-state index contributed by atoms with van der Waals surface area (Å²) in [7, 11) is 8.45. The number of carbonyl (C=O) groups is 1. The van der Waals surface area contributed by atoms with E-state index in [-0.39, 0.29) is 0 Å². The molecular weight excluding hydrogens is 224 g/mol. The molecule has 2 unspecified atom stereocenters. The Morgan fingerprint density at radius 3 is 1.44 bits per heavy atom. The molecule has 0 N–H and O–H groups in total. The molecule has 2 fully saturated rings. The third kappa shape index (κ3) is 3.79. The summed E-state index contributed by atoms with van der Waals surface area (Å²) in [5.74, 6) is 2.02. The summed E-state index contributed by atoms with van der Waals surface area (Å²) < 4.78 is 0. The van der Waals surface area contributed by atoms with Crippen molar-refractivity contribution in [1.29, 1.82) is 0 Å². The highest BCUT2D eigenvalue weighted by Gasteiger charge is 2.37. The molecule has 0 aromatic rings. The zero-order valence-electron chi connectivity index (χ0n) is 12.4. The van der Waals surface area contributed by atoms with Crippen molar-refractivity contribution in [2.24, 2.45) is 11.8 Å². The number of hydrogen-bond acceptors (Lipinski definition) is 3. The SMILES string of the molecule is CN(C)C(CC(=O)CC(C1CC1)N(C)C)C1CC1. The largest absolute Gasteiger partial charge is 0.306 e. The van der Waals surface area contributed by atoms with E-state index < -0.39 is 0 Å². The Balaban J connectivity index is 1.82. The minimum Gasteiger partial charge on any atom is -0.306 e. The number of nitrogens with zero attached hydrogens (tertiary/aromatic N) is 2. The lowest BCUT2D eigenvalue weighted by molar-refractivity contribution is -0.121. The van der Waals surface area contributed by atoms with Crippen LogP contribution >= 0.6 is 0 Å². The van der Waals surface area contributed by atoms with Gasteiger partial charge in [0.15, 0.2) is 0 Å². The van der Waals surface area contributed by atoms with Crippen LogP contribution in [0.1, 0.15) is 38.5 Å². The maximum Gasteiger partial charge on any atom is 0.136 e. The quantitative estimate of drug-likeness (QED) is 0.660. The lowest BCUT2D eigenvalue weighted by Gasteiger charge is -2.27. The van der Waals surface area contributed by atoms with Crippen molar-refractivity contribution in [3.8, 4) is 0 Å². The summed E-state index contributed by atoms with van der Waals surface area (Å²) in [6.45, 7) is 0. The Morgan fingerprint density at radius 1 is 0.889 bits per heavy atom. The molecule has 0 heterocycles. The summed E-state index contributed by atoms with van der Waals surface area (Å²) in [6.07, 6.45) is 6.78. The second-order valence-electron chi connectivity index (χ2n) is 6.68. The van der Waals surface area contributed by atoms with E-state index in [9.17, 15) is 4.79 Å². The lowest BCUT2D eigenvalue weighted by Crippen LogP contribution is -2.36. The van der Waals surface area contributed by atoms with Crippen LogP contribution in [0.3, 0.4) is 0 Å². The van der Waals surface area contributed by atoms with Crippen molar-refractivity contribution in [1.82, 2.24) is 9.80 Å². The van der Waals surface area contributed by atoms with Crippen molar-refractivity contribution < 1.29 is 4.79 Å². The van der Waals surface area contributed by atoms with E-state index in [1.807, 2.05) is 0 Å². The fourth-order valence-electron chi connectivity index (χ4n) is 3.05. The monoisotopic (exact) mass is 252 g/mol. The highest BCUT2D eigenvalue weighted by atomic mass is 16.1.